The Bertz CT molecular complexity index is 80.5. The number of hydrogen-bond acceptors (Lipinski definition) is 0. The molecule has 0 saturated carbocycles. The summed E-state index contributed by atoms with van der Waals surface area (Å²) in [6.07, 6.45) is 0. The third-order valence-electron chi connectivity index (χ3n) is 0.667. The van der Waals surface area contributed by atoms with Gasteiger partial charge in [0.25, 0.3) is 0 Å². The molecule has 0 aliphatic heterocycles. The molecule has 1 atom stereocenters. The van der Waals surface area contributed by atoms with Crippen molar-refractivity contribution in [3.8, 4) is 0 Å². The monoisotopic (exact) mass is 366 g/mol. The molecule has 1 aromatic carbocycles. The smallest absolute Gasteiger partial charge is 0.0623 e. The molecule has 1 unspecified atom stereocenters. The summed E-state index contributed by atoms with van der Waals surface area (Å²) in [5, 5.41) is 0. The standard InChI is InChI=1S/C6H6.AsH3.Pb.2H/c1-2-4-6-5-3-1;;;;/h1-6H;1H3;;;. The summed E-state index contributed by atoms with van der Waals surface area (Å²) in [6.45, 7) is 0. The van der Waals surface area contributed by atoms with Crippen LogP contribution in [0.1, 0.15) is 0 Å². The van der Waals surface area contributed by atoms with E-state index in [1.165, 1.54) is 0 Å². The summed E-state index contributed by atoms with van der Waals surface area (Å²) in [5.74, 6) is 0. The van der Waals surface area contributed by atoms with Gasteiger partial charge in [0, 0.05) is 0 Å². The van der Waals surface area contributed by atoms with Gasteiger partial charge in [-0.05, 0) is 0 Å². The second-order valence-electron chi connectivity index (χ2n) is 1.15. The van der Waals surface area contributed by atoms with Gasteiger partial charge in [-0.15, -0.1) is 0 Å². The fourth-order valence-electron chi connectivity index (χ4n) is 0.385. The van der Waals surface area contributed by atoms with Crippen LogP contribution < -0.4 is 0 Å². The van der Waals surface area contributed by atoms with Crippen molar-refractivity contribution in [1.29, 1.82) is 0 Å². The Morgan fingerprint density at radius 1 is 0.500 bits per heavy atom. The van der Waals surface area contributed by atoms with Gasteiger partial charge in [0.1, 0.15) is 0 Å². The molecule has 0 heterocycles. The van der Waals surface area contributed by atoms with E-state index in [1.807, 2.05) is 36.4 Å². The van der Waals surface area contributed by atoms with E-state index < -0.39 is 0 Å². The Morgan fingerprint density at radius 2 is 0.625 bits per heavy atom. The molecule has 44 valence electrons. The first-order chi connectivity index (χ1) is 3.00. The Balaban J connectivity index is 0. The first-order valence-corrected chi connectivity index (χ1v) is 2.00. The van der Waals surface area contributed by atoms with Crippen LogP contribution in [0.25, 0.3) is 0 Å². The maximum Gasteiger partial charge on any atom is -0.0623 e. The van der Waals surface area contributed by atoms with Crippen molar-refractivity contribution in [3.05, 3.63) is 36.4 Å². The van der Waals surface area contributed by atoms with Crippen LogP contribution in [0.5, 0.6) is 0 Å². The molecule has 0 aliphatic carbocycles. The van der Waals surface area contributed by atoms with Gasteiger partial charge >= 0.3 is 45.3 Å². The van der Waals surface area contributed by atoms with E-state index in [-0.39, 0.29) is 45.3 Å². The second-order valence-corrected chi connectivity index (χ2v) is 1.15. The molecule has 8 heavy (non-hydrogen) atoms. The summed E-state index contributed by atoms with van der Waals surface area (Å²) >= 11 is 0. The molecule has 0 spiro atoms. The fourth-order valence-corrected chi connectivity index (χ4v) is 0.385. The average molecular weight is 365 g/mol. The molecule has 0 nitrogen and oxygen atoms in total. The molecule has 2 radical (unpaired) electrons. The molecule has 0 aliphatic rings. The molecule has 2 heteroatoms. The molecule has 0 fully saturated rings. The molecule has 0 amide bonds. The minimum atomic E-state index is 0. The Labute approximate surface area is 81.2 Å². The maximum absolute atomic E-state index is 2.00. The van der Waals surface area contributed by atoms with Gasteiger partial charge in [0.05, 0.1) is 0 Å². The van der Waals surface area contributed by atoms with E-state index in [0.717, 1.165) is 0 Å². The van der Waals surface area contributed by atoms with E-state index >= 15 is 0 Å². The molecule has 0 saturated heterocycles. The van der Waals surface area contributed by atoms with Crippen LogP contribution in [0.2, 0.25) is 0 Å². The van der Waals surface area contributed by atoms with Crippen molar-refractivity contribution in [2.75, 3.05) is 0 Å². The van der Waals surface area contributed by atoms with Crippen molar-refractivity contribution in [3.63, 3.8) is 0 Å². The van der Waals surface area contributed by atoms with Gasteiger partial charge < -0.3 is 0 Å². The largest absolute Gasteiger partial charge is 0.0623 e. The summed E-state index contributed by atoms with van der Waals surface area (Å²) in [5.41, 5.74) is 0. The minimum Gasteiger partial charge on any atom is -0.0623 e. The SMILES string of the molecule is [AsH3].[PbH2].c1ccccc1. The van der Waals surface area contributed by atoms with Crippen molar-refractivity contribution >= 4 is 45.3 Å². The van der Waals surface area contributed by atoms with Crippen LogP contribution in [0.3, 0.4) is 0 Å². The predicted octanol–water partition coefficient (Wildman–Crippen LogP) is -0.414. The summed E-state index contributed by atoms with van der Waals surface area (Å²) in [4.78, 5) is 0. The van der Waals surface area contributed by atoms with Gasteiger partial charge in [-0.2, -0.15) is 0 Å². The molecule has 1 rings (SSSR count). The average Bonchev–Trinajstić information content (AvgIpc) is 1.72. The summed E-state index contributed by atoms with van der Waals surface area (Å²) in [7, 11) is 0. The number of hydrogen-bond donors (Lipinski definition) is 0. The molecule has 0 bridgehead atoms. The van der Waals surface area contributed by atoms with Crippen LogP contribution in [-0.4, -0.2) is 45.3 Å². The minimum absolute atomic E-state index is 0. The first-order valence-electron chi connectivity index (χ1n) is 2.00. The number of benzene rings is 1. The van der Waals surface area contributed by atoms with Gasteiger partial charge in [0.2, 0.25) is 0 Å². The number of rotatable bonds is 0. The molecular weight excluding hydrogens is 354 g/mol. The summed E-state index contributed by atoms with van der Waals surface area (Å²) in [6, 6.07) is 12.0. The summed E-state index contributed by atoms with van der Waals surface area (Å²) < 4.78 is 0. The van der Waals surface area contributed by atoms with Crippen LogP contribution in [0, 0.1) is 0 Å². The van der Waals surface area contributed by atoms with E-state index in [9.17, 15) is 0 Å². The Hall–Kier alpha value is 0.701. The third kappa shape index (κ3) is 4.85. The first kappa shape index (κ1) is 11.5. The predicted molar refractivity (Wildman–Crippen MR) is 44.9 cm³/mol. The molecule has 0 aromatic heterocycles. The normalized spacial score (nSPS) is 6.00. The van der Waals surface area contributed by atoms with Crippen LogP contribution >= 0.6 is 0 Å². The van der Waals surface area contributed by atoms with E-state index in [4.69, 9.17) is 0 Å². The Kier molecular flexibility index (Phi) is 11.1. The van der Waals surface area contributed by atoms with E-state index in [0.29, 0.717) is 0 Å². The van der Waals surface area contributed by atoms with E-state index in [2.05, 4.69) is 0 Å². The fraction of sp³-hybridized carbons (Fsp3) is 0. The zero-order valence-electron chi connectivity index (χ0n) is 4.88. The van der Waals surface area contributed by atoms with E-state index in [1.54, 1.807) is 0 Å². The van der Waals surface area contributed by atoms with Crippen molar-refractivity contribution < 1.29 is 0 Å². The van der Waals surface area contributed by atoms with Gasteiger partial charge in [-0.1, -0.05) is 36.4 Å². The zero-order chi connectivity index (χ0) is 4.24. The van der Waals surface area contributed by atoms with Crippen molar-refractivity contribution in [2.24, 2.45) is 0 Å². The van der Waals surface area contributed by atoms with Gasteiger partial charge in [-0.3, -0.25) is 0 Å². The van der Waals surface area contributed by atoms with Gasteiger partial charge in [-0.25, -0.2) is 0 Å². The van der Waals surface area contributed by atoms with Crippen LogP contribution in [0.15, 0.2) is 36.4 Å². The zero-order valence-corrected chi connectivity index (χ0v) is 13.3. The maximum atomic E-state index is 2.00. The van der Waals surface area contributed by atoms with Crippen molar-refractivity contribution in [1.82, 2.24) is 0 Å². The quantitative estimate of drug-likeness (QED) is 0.549. The Morgan fingerprint density at radius 3 is 0.750 bits per heavy atom. The molecule has 1 aromatic rings. The topological polar surface area (TPSA) is 0 Å². The second kappa shape index (κ2) is 7.70. The van der Waals surface area contributed by atoms with Crippen molar-refractivity contribution in [2.45, 2.75) is 0 Å². The third-order valence-corrected chi connectivity index (χ3v) is 0.667. The van der Waals surface area contributed by atoms with Crippen LogP contribution in [0.4, 0.5) is 0 Å². The van der Waals surface area contributed by atoms with Crippen LogP contribution in [-0.2, 0) is 0 Å². The molecule has 0 N–H and O–H groups in total. The molecular formula is C6H11AsPb. The van der Waals surface area contributed by atoms with Gasteiger partial charge in [0.15, 0.2) is 0 Å².